The van der Waals surface area contributed by atoms with Gasteiger partial charge in [0.15, 0.2) is 0 Å². The molecule has 0 radical (unpaired) electrons. The topological polar surface area (TPSA) is 46.3 Å². The standard InChI is InChI=1S/C14H20N2O/c1-14(2)8-12(14)13(17)16(3)11-6-4-10(9-15)5-7-11/h4-7,12H,8-9,15H2,1-3H3. The van der Waals surface area contributed by atoms with E-state index in [2.05, 4.69) is 13.8 Å². The van der Waals surface area contributed by atoms with E-state index in [4.69, 9.17) is 5.73 Å². The van der Waals surface area contributed by atoms with Crippen LogP contribution in [-0.2, 0) is 11.3 Å². The average molecular weight is 232 g/mol. The highest BCUT2D eigenvalue weighted by molar-refractivity contribution is 5.96. The summed E-state index contributed by atoms with van der Waals surface area (Å²) in [6.45, 7) is 4.81. The van der Waals surface area contributed by atoms with Gasteiger partial charge in [-0.05, 0) is 29.5 Å². The van der Waals surface area contributed by atoms with Crippen LogP contribution in [0.5, 0.6) is 0 Å². The van der Waals surface area contributed by atoms with Crippen LogP contribution in [0.4, 0.5) is 5.69 Å². The van der Waals surface area contributed by atoms with Gasteiger partial charge in [-0.2, -0.15) is 0 Å². The van der Waals surface area contributed by atoms with Crippen LogP contribution in [0, 0.1) is 11.3 Å². The summed E-state index contributed by atoms with van der Waals surface area (Å²) in [5.41, 5.74) is 7.76. The van der Waals surface area contributed by atoms with Crippen molar-refractivity contribution in [1.29, 1.82) is 0 Å². The highest BCUT2D eigenvalue weighted by Gasteiger charge is 2.51. The molecule has 1 saturated carbocycles. The lowest BCUT2D eigenvalue weighted by molar-refractivity contribution is -0.120. The van der Waals surface area contributed by atoms with E-state index >= 15 is 0 Å². The summed E-state index contributed by atoms with van der Waals surface area (Å²) in [6, 6.07) is 7.85. The third-order valence-corrected chi connectivity index (χ3v) is 3.70. The number of nitrogens with two attached hydrogens (primary N) is 1. The highest BCUT2D eigenvalue weighted by Crippen LogP contribution is 2.52. The average Bonchev–Trinajstić information content (AvgIpc) is 2.97. The Morgan fingerprint density at radius 3 is 2.35 bits per heavy atom. The molecule has 1 aromatic carbocycles. The van der Waals surface area contributed by atoms with Crippen molar-refractivity contribution in [2.75, 3.05) is 11.9 Å². The molecule has 1 aromatic rings. The molecule has 3 nitrogen and oxygen atoms in total. The van der Waals surface area contributed by atoms with Gasteiger partial charge in [0, 0.05) is 25.2 Å². The molecule has 0 aliphatic heterocycles. The van der Waals surface area contributed by atoms with Crippen molar-refractivity contribution >= 4 is 11.6 Å². The molecule has 92 valence electrons. The van der Waals surface area contributed by atoms with Crippen molar-refractivity contribution < 1.29 is 4.79 Å². The highest BCUT2D eigenvalue weighted by atomic mass is 16.2. The van der Waals surface area contributed by atoms with E-state index in [0.29, 0.717) is 6.54 Å². The van der Waals surface area contributed by atoms with E-state index in [9.17, 15) is 4.79 Å². The van der Waals surface area contributed by atoms with Gasteiger partial charge in [0.2, 0.25) is 5.91 Å². The van der Waals surface area contributed by atoms with Crippen molar-refractivity contribution in [3.05, 3.63) is 29.8 Å². The fraction of sp³-hybridized carbons (Fsp3) is 0.500. The van der Waals surface area contributed by atoms with Crippen LogP contribution in [0.25, 0.3) is 0 Å². The van der Waals surface area contributed by atoms with Crippen LogP contribution in [0.1, 0.15) is 25.8 Å². The molecule has 17 heavy (non-hydrogen) atoms. The first-order valence-corrected chi connectivity index (χ1v) is 6.02. The number of anilines is 1. The summed E-state index contributed by atoms with van der Waals surface area (Å²) >= 11 is 0. The Hall–Kier alpha value is -1.35. The summed E-state index contributed by atoms with van der Waals surface area (Å²) in [4.78, 5) is 13.9. The Balaban J connectivity index is 2.09. The molecule has 1 aliphatic carbocycles. The number of amides is 1. The second-order valence-corrected chi connectivity index (χ2v) is 5.51. The van der Waals surface area contributed by atoms with Gasteiger partial charge in [0.25, 0.3) is 0 Å². The first kappa shape index (κ1) is 12.1. The molecule has 1 amide bonds. The maximum absolute atomic E-state index is 12.2. The molecule has 0 bridgehead atoms. The zero-order valence-electron chi connectivity index (χ0n) is 10.7. The lowest BCUT2D eigenvalue weighted by Crippen LogP contribution is -2.29. The molecule has 0 saturated heterocycles. The minimum absolute atomic E-state index is 0.182. The molecule has 1 atom stereocenters. The summed E-state index contributed by atoms with van der Waals surface area (Å²) in [5.74, 6) is 0.400. The van der Waals surface area contributed by atoms with Crippen LogP contribution in [0.2, 0.25) is 0 Å². The number of carbonyl (C=O) groups is 1. The van der Waals surface area contributed by atoms with Crippen LogP contribution < -0.4 is 10.6 Å². The second-order valence-electron chi connectivity index (χ2n) is 5.51. The van der Waals surface area contributed by atoms with Crippen LogP contribution in [0.15, 0.2) is 24.3 Å². The van der Waals surface area contributed by atoms with Gasteiger partial charge in [-0.1, -0.05) is 26.0 Å². The number of benzene rings is 1. The van der Waals surface area contributed by atoms with E-state index < -0.39 is 0 Å². The predicted molar refractivity (Wildman–Crippen MR) is 69.6 cm³/mol. The van der Waals surface area contributed by atoms with Gasteiger partial charge >= 0.3 is 0 Å². The van der Waals surface area contributed by atoms with Gasteiger partial charge in [-0.3, -0.25) is 4.79 Å². The van der Waals surface area contributed by atoms with Gasteiger partial charge in [0.05, 0.1) is 0 Å². The van der Waals surface area contributed by atoms with E-state index in [1.165, 1.54) is 0 Å². The number of rotatable bonds is 3. The quantitative estimate of drug-likeness (QED) is 0.868. The lowest BCUT2D eigenvalue weighted by Gasteiger charge is -2.18. The molecule has 1 aliphatic rings. The van der Waals surface area contributed by atoms with Gasteiger partial charge in [-0.15, -0.1) is 0 Å². The van der Waals surface area contributed by atoms with Crippen molar-refractivity contribution in [2.24, 2.45) is 17.1 Å². The maximum Gasteiger partial charge on any atom is 0.230 e. The van der Waals surface area contributed by atoms with Crippen LogP contribution >= 0.6 is 0 Å². The molecule has 1 fully saturated rings. The van der Waals surface area contributed by atoms with Crippen molar-refractivity contribution in [1.82, 2.24) is 0 Å². The Kier molecular flexibility index (Phi) is 2.96. The molecule has 0 heterocycles. The number of hydrogen-bond donors (Lipinski definition) is 1. The largest absolute Gasteiger partial charge is 0.326 e. The van der Waals surface area contributed by atoms with Crippen molar-refractivity contribution in [3.8, 4) is 0 Å². The number of carbonyl (C=O) groups excluding carboxylic acids is 1. The third kappa shape index (κ3) is 2.34. The Bertz CT molecular complexity index is 422. The smallest absolute Gasteiger partial charge is 0.230 e. The zero-order valence-corrected chi connectivity index (χ0v) is 10.7. The lowest BCUT2D eigenvalue weighted by atomic mass is 10.1. The van der Waals surface area contributed by atoms with Gasteiger partial charge in [0.1, 0.15) is 0 Å². The summed E-state index contributed by atoms with van der Waals surface area (Å²) in [7, 11) is 1.84. The van der Waals surface area contributed by atoms with E-state index in [-0.39, 0.29) is 17.2 Å². The Morgan fingerprint density at radius 2 is 1.94 bits per heavy atom. The first-order valence-electron chi connectivity index (χ1n) is 6.02. The Labute approximate surface area is 103 Å². The minimum Gasteiger partial charge on any atom is -0.326 e. The molecular weight excluding hydrogens is 212 g/mol. The Morgan fingerprint density at radius 1 is 1.41 bits per heavy atom. The van der Waals surface area contributed by atoms with Gasteiger partial charge in [-0.25, -0.2) is 0 Å². The van der Waals surface area contributed by atoms with E-state index in [0.717, 1.165) is 17.7 Å². The zero-order chi connectivity index (χ0) is 12.6. The monoisotopic (exact) mass is 232 g/mol. The third-order valence-electron chi connectivity index (χ3n) is 3.70. The van der Waals surface area contributed by atoms with E-state index in [1.54, 1.807) is 4.90 Å². The van der Waals surface area contributed by atoms with Crippen molar-refractivity contribution in [2.45, 2.75) is 26.8 Å². The van der Waals surface area contributed by atoms with Crippen LogP contribution in [-0.4, -0.2) is 13.0 Å². The molecule has 0 aromatic heterocycles. The molecule has 0 spiro atoms. The first-order chi connectivity index (χ1) is 7.95. The molecule has 2 rings (SSSR count). The molecule has 3 heteroatoms. The summed E-state index contributed by atoms with van der Waals surface area (Å²) in [6.07, 6.45) is 0.997. The maximum atomic E-state index is 12.2. The van der Waals surface area contributed by atoms with Gasteiger partial charge < -0.3 is 10.6 Å². The van der Waals surface area contributed by atoms with E-state index in [1.807, 2.05) is 31.3 Å². The molecule has 2 N–H and O–H groups in total. The predicted octanol–water partition coefficient (Wildman–Crippen LogP) is 2.15. The van der Waals surface area contributed by atoms with Crippen LogP contribution in [0.3, 0.4) is 0 Å². The summed E-state index contributed by atoms with van der Waals surface area (Å²) < 4.78 is 0. The molecular formula is C14H20N2O. The SMILES string of the molecule is CN(C(=O)C1CC1(C)C)c1ccc(CN)cc1. The number of hydrogen-bond acceptors (Lipinski definition) is 2. The normalized spacial score (nSPS) is 21.1. The summed E-state index contributed by atoms with van der Waals surface area (Å²) in [5, 5.41) is 0. The van der Waals surface area contributed by atoms with Crippen molar-refractivity contribution in [3.63, 3.8) is 0 Å². The minimum atomic E-state index is 0.182. The fourth-order valence-corrected chi connectivity index (χ4v) is 2.11. The second kappa shape index (κ2) is 4.15. The molecule has 1 unspecified atom stereocenters. The number of nitrogens with zero attached hydrogens (tertiary/aromatic N) is 1. The fourth-order valence-electron chi connectivity index (χ4n) is 2.11.